The smallest absolute Gasteiger partial charge is 0.123 e. The molecule has 20 heavy (non-hydrogen) atoms. The predicted octanol–water partition coefficient (Wildman–Crippen LogP) is 4.13. The van der Waals surface area contributed by atoms with Crippen LogP contribution in [0.25, 0.3) is 5.69 Å². The zero-order valence-corrected chi connectivity index (χ0v) is 10.8. The molecule has 98 valence electrons. The number of benzene rings is 2. The third-order valence-corrected chi connectivity index (χ3v) is 3.74. The van der Waals surface area contributed by atoms with E-state index in [0.717, 1.165) is 22.6 Å². The van der Waals surface area contributed by atoms with Crippen LogP contribution in [0.5, 0.6) is 0 Å². The van der Waals surface area contributed by atoms with Gasteiger partial charge in [-0.3, -0.25) is 0 Å². The summed E-state index contributed by atoms with van der Waals surface area (Å²) in [6.45, 7) is 0. The minimum Gasteiger partial charge on any atom is -0.371 e. The Morgan fingerprint density at radius 1 is 0.900 bits per heavy atom. The molecule has 2 heterocycles. The van der Waals surface area contributed by atoms with Gasteiger partial charge in [0.1, 0.15) is 5.82 Å². The van der Waals surface area contributed by atoms with Gasteiger partial charge < -0.3 is 9.88 Å². The predicted molar refractivity (Wildman–Crippen MR) is 77.6 cm³/mol. The fourth-order valence-corrected chi connectivity index (χ4v) is 2.79. The van der Waals surface area contributed by atoms with Crippen molar-refractivity contribution in [3.05, 3.63) is 83.9 Å². The summed E-state index contributed by atoms with van der Waals surface area (Å²) in [7, 11) is 0. The van der Waals surface area contributed by atoms with Gasteiger partial charge in [0.15, 0.2) is 0 Å². The van der Waals surface area contributed by atoms with Gasteiger partial charge in [-0.1, -0.05) is 24.3 Å². The standard InChI is InChI=1S/C17H13FN2/c18-13-9-7-12(8-10-13)17-16-6-3-11-20(16)15-5-2-1-4-14(15)19-17/h1-11,17,19H. The van der Waals surface area contributed by atoms with Crippen molar-refractivity contribution in [3.8, 4) is 5.69 Å². The monoisotopic (exact) mass is 264 g/mol. The SMILES string of the molecule is Fc1ccc(C2Nc3ccccc3-n3cccc32)cc1. The number of hydrogen-bond acceptors (Lipinski definition) is 1. The number of rotatable bonds is 1. The summed E-state index contributed by atoms with van der Waals surface area (Å²) in [6, 6.07) is 19.0. The fourth-order valence-electron chi connectivity index (χ4n) is 2.79. The molecule has 2 aromatic carbocycles. The number of nitrogens with one attached hydrogen (secondary N) is 1. The summed E-state index contributed by atoms with van der Waals surface area (Å²) in [5.74, 6) is -0.208. The Kier molecular flexibility index (Phi) is 2.39. The van der Waals surface area contributed by atoms with E-state index in [1.165, 1.54) is 12.1 Å². The summed E-state index contributed by atoms with van der Waals surface area (Å²) in [5, 5.41) is 3.53. The lowest BCUT2D eigenvalue weighted by molar-refractivity contribution is 0.626. The molecule has 0 bridgehead atoms. The first-order valence-electron chi connectivity index (χ1n) is 6.61. The Bertz CT molecular complexity index is 759. The fraction of sp³-hybridized carbons (Fsp3) is 0.0588. The molecular weight excluding hydrogens is 251 g/mol. The van der Waals surface area contributed by atoms with Crippen molar-refractivity contribution in [2.24, 2.45) is 0 Å². The maximum atomic E-state index is 13.1. The number of hydrogen-bond donors (Lipinski definition) is 1. The van der Waals surface area contributed by atoms with Crippen molar-refractivity contribution in [3.63, 3.8) is 0 Å². The summed E-state index contributed by atoms with van der Waals surface area (Å²) < 4.78 is 15.3. The average molecular weight is 264 g/mol. The van der Waals surface area contributed by atoms with Crippen molar-refractivity contribution in [1.82, 2.24) is 4.57 Å². The third kappa shape index (κ3) is 1.63. The topological polar surface area (TPSA) is 17.0 Å². The van der Waals surface area contributed by atoms with E-state index < -0.39 is 0 Å². The molecule has 0 aliphatic carbocycles. The lowest BCUT2D eigenvalue weighted by Gasteiger charge is -2.29. The molecule has 0 saturated heterocycles. The van der Waals surface area contributed by atoms with Crippen molar-refractivity contribution >= 4 is 5.69 Å². The molecular formula is C17H13FN2. The Hall–Kier alpha value is -2.55. The van der Waals surface area contributed by atoms with E-state index in [1.54, 1.807) is 0 Å². The highest BCUT2D eigenvalue weighted by Crippen LogP contribution is 2.36. The summed E-state index contributed by atoms with van der Waals surface area (Å²) in [6.07, 6.45) is 2.06. The van der Waals surface area contributed by atoms with E-state index in [-0.39, 0.29) is 11.9 Å². The molecule has 1 aromatic heterocycles. The lowest BCUT2D eigenvalue weighted by Crippen LogP contribution is -2.21. The van der Waals surface area contributed by atoms with Gasteiger partial charge in [-0.25, -0.2) is 4.39 Å². The molecule has 0 fully saturated rings. The highest BCUT2D eigenvalue weighted by molar-refractivity contribution is 5.66. The number of halogens is 1. The van der Waals surface area contributed by atoms with Gasteiger partial charge in [-0.05, 0) is 42.0 Å². The van der Waals surface area contributed by atoms with Gasteiger partial charge in [0.2, 0.25) is 0 Å². The molecule has 1 aliphatic rings. The van der Waals surface area contributed by atoms with Crippen LogP contribution in [0, 0.1) is 5.82 Å². The zero-order valence-electron chi connectivity index (χ0n) is 10.8. The first-order chi connectivity index (χ1) is 9.83. The molecule has 2 nitrogen and oxygen atoms in total. The summed E-state index contributed by atoms with van der Waals surface area (Å²) >= 11 is 0. The van der Waals surface area contributed by atoms with Crippen LogP contribution in [0.1, 0.15) is 17.3 Å². The van der Waals surface area contributed by atoms with Crippen LogP contribution in [-0.2, 0) is 0 Å². The Morgan fingerprint density at radius 2 is 1.70 bits per heavy atom. The third-order valence-electron chi connectivity index (χ3n) is 3.74. The Morgan fingerprint density at radius 3 is 2.55 bits per heavy atom. The van der Waals surface area contributed by atoms with E-state index in [0.29, 0.717) is 0 Å². The van der Waals surface area contributed by atoms with Gasteiger partial charge in [0.05, 0.1) is 17.4 Å². The van der Waals surface area contributed by atoms with Crippen molar-refractivity contribution in [1.29, 1.82) is 0 Å². The molecule has 1 unspecified atom stereocenters. The Balaban J connectivity index is 1.87. The van der Waals surface area contributed by atoms with Gasteiger partial charge in [0, 0.05) is 11.9 Å². The first kappa shape index (κ1) is 11.3. The number of anilines is 1. The molecule has 1 N–H and O–H groups in total. The number of fused-ring (bicyclic) bond motifs is 3. The highest BCUT2D eigenvalue weighted by Gasteiger charge is 2.24. The number of para-hydroxylation sites is 2. The highest BCUT2D eigenvalue weighted by atomic mass is 19.1. The minimum atomic E-state index is -0.208. The van der Waals surface area contributed by atoms with Crippen LogP contribution in [0.4, 0.5) is 10.1 Å². The molecule has 1 aliphatic heterocycles. The molecule has 0 radical (unpaired) electrons. The maximum Gasteiger partial charge on any atom is 0.123 e. The van der Waals surface area contributed by atoms with Crippen LogP contribution in [0.3, 0.4) is 0 Å². The van der Waals surface area contributed by atoms with Gasteiger partial charge in [0.25, 0.3) is 0 Å². The van der Waals surface area contributed by atoms with Crippen LogP contribution in [0.15, 0.2) is 66.9 Å². The summed E-state index contributed by atoms with van der Waals surface area (Å²) in [5.41, 5.74) is 4.45. The first-order valence-corrected chi connectivity index (χ1v) is 6.61. The number of aromatic nitrogens is 1. The van der Waals surface area contributed by atoms with Gasteiger partial charge in [-0.2, -0.15) is 0 Å². The second kappa shape index (κ2) is 4.23. The van der Waals surface area contributed by atoms with Crippen molar-refractivity contribution < 1.29 is 4.39 Å². The molecule has 3 heteroatoms. The minimum absolute atomic E-state index is 0.0421. The van der Waals surface area contributed by atoms with Crippen LogP contribution in [0.2, 0.25) is 0 Å². The normalized spacial score (nSPS) is 16.1. The lowest BCUT2D eigenvalue weighted by atomic mass is 10.0. The van der Waals surface area contributed by atoms with E-state index in [9.17, 15) is 4.39 Å². The molecule has 3 aromatic rings. The largest absolute Gasteiger partial charge is 0.371 e. The van der Waals surface area contributed by atoms with E-state index >= 15 is 0 Å². The number of nitrogens with zero attached hydrogens (tertiary/aromatic N) is 1. The van der Waals surface area contributed by atoms with Crippen molar-refractivity contribution in [2.75, 3.05) is 5.32 Å². The second-order valence-electron chi connectivity index (χ2n) is 4.95. The molecule has 1 atom stereocenters. The van der Waals surface area contributed by atoms with Gasteiger partial charge in [-0.15, -0.1) is 0 Å². The van der Waals surface area contributed by atoms with Crippen LogP contribution in [-0.4, -0.2) is 4.57 Å². The molecule has 0 amide bonds. The molecule has 4 rings (SSSR count). The van der Waals surface area contributed by atoms with Crippen LogP contribution < -0.4 is 5.32 Å². The maximum absolute atomic E-state index is 13.1. The Labute approximate surface area is 116 Å². The van der Waals surface area contributed by atoms with E-state index in [1.807, 2.05) is 30.3 Å². The zero-order chi connectivity index (χ0) is 13.5. The van der Waals surface area contributed by atoms with E-state index in [2.05, 4.69) is 34.3 Å². The van der Waals surface area contributed by atoms with E-state index in [4.69, 9.17) is 0 Å². The summed E-state index contributed by atoms with van der Waals surface area (Å²) in [4.78, 5) is 0. The van der Waals surface area contributed by atoms with Crippen LogP contribution >= 0.6 is 0 Å². The quantitative estimate of drug-likeness (QED) is 0.699. The van der Waals surface area contributed by atoms with Crippen molar-refractivity contribution in [2.45, 2.75) is 6.04 Å². The average Bonchev–Trinajstić information content (AvgIpc) is 2.97. The van der Waals surface area contributed by atoms with Gasteiger partial charge >= 0.3 is 0 Å². The second-order valence-corrected chi connectivity index (χ2v) is 4.95. The molecule has 0 spiro atoms. The molecule has 0 saturated carbocycles.